The molecule has 0 saturated carbocycles. The number of anilines is 1. The lowest BCUT2D eigenvalue weighted by atomic mass is 10.1. The number of thioether (sulfide) groups is 1. The van der Waals surface area contributed by atoms with E-state index >= 15 is 0 Å². The van der Waals surface area contributed by atoms with Gasteiger partial charge in [-0.2, -0.15) is 13.2 Å². The first-order chi connectivity index (χ1) is 12.7. The molecule has 2 aromatic carbocycles. The van der Waals surface area contributed by atoms with Crippen molar-refractivity contribution in [3.8, 4) is 0 Å². The molecular weight excluding hydrogens is 447 g/mol. The van der Waals surface area contributed by atoms with Crippen LogP contribution in [0.1, 0.15) is 12.5 Å². The van der Waals surface area contributed by atoms with Gasteiger partial charge in [-0.25, -0.2) is 0 Å². The zero-order chi connectivity index (χ0) is 20.0. The molecule has 2 rings (SSSR count). The Hall–Kier alpha value is -2.00. The first kappa shape index (κ1) is 21.3. The fraction of sp³-hybridized carbons (Fsp3) is 0.222. The smallest absolute Gasteiger partial charge is 0.418 e. The molecule has 27 heavy (non-hydrogen) atoms. The molecule has 0 aliphatic rings. The summed E-state index contributed by atoms with van der Waals surface area (Å²) in [6, 6.07) is 11.9. The van der Waals surface area contributed by atoms with Crippen molar-refractivity contribution in [2.45, 2.75) is 24.1 Å². The van der Waals surface area contributed by atoms with Crippen molar-refractivity contribution in [1.82, 2.24) is 0 Å². The van der Waals surface area contributed by atoms with Crippen LogP contribution in [0.25, 0.3) is 0 Å². The highest BCUT2D eigenvalue weighted by atomic mass is 79.9. The Labute approximate surface area is 166 Å². The van der Waals surface area contributed by atoms with Crippen LogP contribution in [0.2, 0.25) is 0 Å². The third kappa shape index (κ3) is 6.59. The van der Waals surface area contributed by atoms with Gasteiger partial charge in [-0.3, -0.25) is 9.59 Å². The number of nitrogens with one attached hydrogen (secondary N) is 1. The molecule has 0 aliphatic heterocycles. The molecule has 0 heterocycles. The topological polar surface area (TPSA) is 55.4 Å². The third-order valence-electron chi connectivity index (χ3n) is 3.34. The van der Waals surface area contributed by atoms with Gasteiger partial charge in [0.15, 0.2) is 6.10 Å². The molecule has 9 heteroatoms. The molecule has 0 spiro atoms. The van der Waals surface area contributed by atoms with Crippen LogP contribution in [0.5, 0.6) is 0 Å². The fourth-order valence-electron chi connectivity index (χ4n) is 2.03. The molecule has 0 aliphatic carbocycles. The molecule has 1 unspecified atom stereocenters. The number of ether oxygens (including phenoxy) is 1. The summed E-state index contributed by atoms with van der Waals surface area (Å²) in [5, 5.41) is 2.15. The standard InChI is InChI=1S/C18H15BrF3NO3S/c1-11(26-16(24)10-27-13-8-6-12(19)7-9-13)17(25)23-15-5-3-2-4-14(15)18(20,21)22/h2-9,11H,10H2,1H3,(H,23,25). The highest BCUT2D eigenvalue weighted by Gasteiger charge is 2.34. The summed E-state index contributed by atoms with van der Waals surface area (Å²) in [6.07, 6.45) is -5.84. The second kappa shape index (κ2) is 9.27. The predicted molar refractivity (Wildman–Crippen MR) is 100 cm³/mol. The number of hydrogen-bond donors (Lipinski definition) is 1. The number of halogens is 4. The van der Waals surface area contributed by atoms with E-state index in [1.807, 2.05) is 24.3 Å². The molecule has 1 atom stereocenters. The van der Waals surface area contributed by atoms with E-state index in [2.05, 4.69) is 21.2 Å². The SMILES string of the molecule is CC(OC(=O)CSc1ccc(Br)cc1)C(=O)Nc1ccccc1C(F)(F)F. The first-order valence-electron chi connectivity index (χ1n) is 7.72. The normalized spacial score (nSPS) is 12.3. The predicted octanol–water partition coefficient (Wildman–Crippen LogP) is 5.13. The lowest BCUT2D eigenvalue weighted by Crippen LogP contribution is -2.31. The Morgan fingerprint density at radius 2 is 1.78 bits per heavy atom. The largest absolute Gasteiger partial charge is 0.452 e. The van der Waals surface area contributed by atoms with Crippen LogP contribution < -0.4 is 5.32 Å². The lowest BCUT2D eigenvalue weighted by molar-refractivity contribution is -0.150. The number of esters is 1. The number of alkyl halides is 3. The van der Waals surface area contributed by atoms with Gasteiger partial charge in [0.25, 0.3) is 5.91 Å². The zero-order valence-corrected chi connectivity index (χ0v) is 16.5. The Morgan fingerprint density at radius 1 is 1.15 bits per heavy atom. The molecule has 4 nitrogen and oxygen atoms in total. The van der Waals surface area contributed by atoms with Gasteiger partial charge >= 0.3 is 12.1 Å². The van der Waals surface area contributed by atoms with Crippen molar-refractivity contribution >= 4 is 45.3 Å². The van der Waals surface area contributed by atoms with E-state index in [1.165, 1.54) is 30.8 Å². The molecule has 2 aromatic rings. The minimum atomic E-state index is -4.61. The summed E-state index contributed by atoms with van der Waals surface area (Å²) in [7, 11) is 0. The number of carbonyl (C=O) groups excluding carboxylic acids is 2. The number of para-hydroxylation sites is 1. The Kier molecular flexibility index (Phi) is 7.32. The minimum absolute atomic E-state index is 0.0294. The minimum Gasteiger partial charge on any atom is -0.452 e. The fourth-order valence-corrected chi connectivity index (χ4v) is 2.98. The number of rotatable bonds is 6. The van der Waals surface area contributed by atoms with E-state index in [1.54, 1.807) is 0 Å². The van der Waals surface area contributed by atoms with E-state index in [0.717, 1.165) is 21.5 Å². The first-order valence-corrected chi connectivity index (χ1v) is 9.49. The molecule has 0 aromatic heterocycles. The average molecular weight is 462 g/mol. The van der Waals surface area contributed by atoms with Gasteiger partial charge < -0.3 is 10.1 Å². The van der Waals surface area contributed by atoms with Gasteiger partial charge in [0.05, 0.1) is 17.0 Å². The summed E-state index contributed by atoms with van der Waals surface area (Å²) in [5.74, 6) is -1.51. The highest BCUT2D eigenvalue weighted by molar-refractivity contribution is 9.10. The molecule has 1 amide bonds. The second-order valence-corrected chi connectivity index (χ2v) is 7.37. The van der Waals surface area contributed by atoms with Crippen molar-refractivity contribution in [3.63, 3.8) is 0 Å². The van der Waals surface area contributed by atoms with Crippen LogP contribution >= 0.6 is 27.7 Å². The van der Waals surface area contributed by atoms with Crippen molar-refractivity contribution in [3.05, 3.63) is 58.6 Å². The van der Waals surface area contributed by atoms with Crippen LogP contribution in [-0.2, 0) is 20.5 Å². The van der Waals surface area contributed by atoms with E-state index in [4.69, 9.17) is 4.74 Å². The summed E-state index contributed by atoms with van der Waals surface area (Å²) >= 11 is 4.53. The molecular formula is C18H15BrF3NO3S. The van der Waals surface area contributed by atoms with Gasteiger partial charge in [0.1, 0.15) is 0 Å². The number of amides is 1. The van der Waals surface area contributed by atoms with Crippen LogP contribution in [0.3, 0.4) is 0 Å². The molecule has 0 saturated heterocycles. The maximum absolute atomic E-state index is 13.0. The van der Waals surface area contributed by atoms with Gasteiger partial charge in [-0.05, 0) is 43.3 Å². The van der Waals surface area contributed by atoms with Gasteiger partial charge in [0, 0.05) is 9.37 Å². The Bertz CT molecular complexity index is 812. The van der Waals surface area contributed by atoms with E-state index in [0.29, 0.717) is 0 Å². The van der Waals surface area contributed by atoms with Crippen molar-refractivity contribution in [2.75, 3.05) is 11.1 Å². The molecule has 0 bridgehead atoms. The van der Waals surface area contributed by atoms with Crippen LogP contribution in [0.15, 0.2) is 57.9 Å². The monoisotopic (exact) mass is 461 g/mol. The molecule has 0 radical (unpaired) electrons. The zero-order valence-electron chi connectivity index (χ0n) is 14.0. The maximum atomic E-state index is 13.0. The quantitative estimate of drug-likeness (QED) is 0.478. The molecule has 144 valence electrons. The Morgan fingerprint density at radius 3 is 2.41 bits per heavy atom. The lowest BCUT2D eigenvalue weighted by Gasteiger charge is -2.16. The van der Waals surface area contributed by atoms with Gasteiger partial charge in [-0.15, -0.1) is 11.8 Å². The maximum Gasteiger partial charge on any atom is 0.418 e. The highest BCUT2D eigenvalue weighted by Crippen LogP contribution is 2.34. The number of benzene rings is 2. The van der Waals surface area contributed by atoms with Gasteiger partial charge in [0.2, 0.25) is 0 Å². The van der Waals surface area contributed by atoms with Crippen LogP contribution in [0, 0.1) is 0 Å². The van der Waals surface area contributed by atoms with Crippen molar-refractivity contribution in [1.29, 1.82) is 0 Å². The van der Waals surface area contributed by atoms with Crippen molar-refractivity contribution < 1.29 is 27.5 Å². The number of carbonyl (C=O) groups is 2. The van der Waals surface area contributed by atoms with Crippen LogP contribution in [-0.4, -0.2) is 23.7 Å². The number of hydrogen-bond acceptors (Lipinski definition) is 4. The van der Waals surface area contributed by atoms with E-state index < -0.39 is 29.7 Å². The summed E-state index contributed by atoms with van der Waals surface area (Å²) in [4.78, 5) is 24.8. The summed E-state index contributed by atoms with van der Waals surface area (Å²) in [6.45, 7) is 1.30. The third-order valence-corrected chi connectivity index (χ3v) is 4.85. The van der Waals surface area contributed by atoms with E-state index in [9.17, 15) is 22.8 Å². The van der Waals surface area contributed by atoms with E-state index in [-0.39, 0.29) is 11.4 Å². The summed E-state index contributed by atoms with van der Waals surface area (Å²) < 4.78 is 44.8. The molecule has 1 N–H and O–H groups in total. The average Bonchev–Trinajstić information content (AvgIpc) is 2.60. The summed E-state index contributed by atoms with van der Waals surface area (Å²) in [5.41, 5.74) is -1.36. The van der Waals surface area contributed by atoms with Crippen molar-refractivity contribution in [2.24, 2.45) is 0 Å². The second-order valence-electron chi connectivity index (χ2n) is 5.41. The van der Waals surface area contributed by atoms with Gasteiger partial charge in [-0.1, -0.05) is 28.1 Å². The van der Waals surface area contributed by atoms with Crippen LogP contribution in [0.4, 0.5) is 18.9 Å². The molecule has 0 fully saturated rings. The Balaban J connectivity index is 1.90.